The van der Waals surface area contributed by atoms with Crippen molar-refractivity contribution in [1.82, 2.24) is 10.6 Å². The molecule has 2 fully saturated rings. The van der Waals surface area contributed by atoms with Crippen molar-refractivity contribution >= 4 is 17.8 Å². The summed E-state index contributed by atoms with van der Waals surface area (Å²) < 4.78 is 5.41. The minimum atomic E-state index is -0.358. The lowest BCUT2D eigenvalue weighted by Gasteiger charge is -2.41. The molecule has 4 atom stereocenters. The third-order valence-corrected chi connectivity index (χ3v) is 4.34. The summed E-state index contributed by atoms with van der Waals surface area (Å²) in [6, 6.07) is -0.00775. The first kappa shape index (κ1) is 15.8. The monoisotopic (exact) mass is 297 g/mol. The fourth-order valence-electron chi connectivity index (χ4n) is 3.23. The number of nitrogens with two attached hydrogens (primary N) is 1. The maximum atomic E-state index is 11.7. The zero-order valence-electron chi connectivity index (χ0n) is 12.3. The second-order valence-corrected chi connectivity index (χ2v) is 5.93. The topological polar surface area (TPSA) is 111 Å². The summed E-state index contributed by atoms with van der Waals surface area (Å²) in [4.78, 5) is 34.2. The Kier molecular flexibility index (Phi) is 5.17. The second-order valence-electron chi connectivity index (χ2n) is 5.93. The van der Waals surface area contributed by atoms with Crippen LogP contribution in [-0.2, 0) is 19.1 Å². The van der Waals surface area contributed by atoms with Gasteiger partial charge in [0.25, 0.3) is 0 Å². The lowest BCUT2D eigenvalue weighted by molar-refractivity contribution is -0.166. The maximum absolute atomic E-state index is 11.7. The lowest BCUT2D eigenvalue weighted by atomic mass is 9.74. The van der Waals surface area contributed by atoms with Crippen LogP contribution in [-0.4, -0.2) is 43.0 Å². The van der Waals surface area contributed by atoms with E-state index < -0.39 is 0 Å². The van der Waals surface area contributed by atoms with Crippen LogP contribution in [0.4, 0.5) is 0 Å². The van der Waals surface area contributed by atoms with Crippen molar-refractivity contribution in [3.05, 3.63) is 0 Å². The number of fused-ring (bicyclic) bond motifs is 1. The van der Waals surface area contributed by atoms with Crippen molar-refractivity contribution in [2.75, 3.05) is 13.1 Å². The molecule has 2 rings (SSSR count). The van der Waals surface area contributed by atoms with E-state index in [1.807, 2.05) is 0 Å². The summed E-state index contributed by atoms with van der Waals surface area (Å²) in [7, 11) is 0. The van der Waals surface area contributed by atoms with Crippen LogP contribution in [0.15, 0.2) is 0 Å². The number of carbonyl (C=O) groups is 3. The van der Waals surface area contributed by atoms with Crippen molar-refractivity contribution in [3.63, 3.8) is 0 Å². The minimum absolute atomic E-state index is 0.00775. The molecular formula is C14H23N3O4. The SMILES string of the molecule is CC1CC(=O)OC2CC(NC(=O)CNC(=O)CN)CCC12. The molecule has 2 amide bonds. The Bertz CT molecular complexity index is 426. The average molecular weight is 297 g/mol. The molecule has 7 heteroatoms. The van der Waals surface area contributed by atoms with Gasteiger partial charge in [-0.1, -0.05) is 6.92 Å². The molecule has 0 aromatic rings. The highest BCUT2D eigenvalue weighted by atomic mass is 16.5. The first-order valence-electron chi connectivity index (χ1n) is 7.45. The molecular weight excluding hydrogens is 274 g/mol. The van der Waals surface area contributed by atoms with Crippen LogP contribution in [0.1, 0.15) is 32.6 Å². The summed E-state index contributed by atoms with van der Waals surface area (Å²) in [5, 5.41) is 5.31. The van der Waals surface area contributed by atoms with Gasteiger partial charge in [-0.3, -0.25) is 14.4 Å². The Morgan fingerprint density at radius 3 is 2.81 bits per heavy atom. The Labute approximate surface area is 124 Å². The summed E-state index contributed by atoms with van der Waals surface area (Å²) >= 11 is 0. The second kappa shape index (κ2) is 6.89. The van der Waals surface area contributed by atoms with Crippen molar-refractivity contribution in [1.29, 1.82) is 0 Å². The molecule has 0 bridgehead atoms. The molecule has 0 aromatic heterocycles. The van der Waals surface area contributed by atoms with Crippen LogP contribution in [0.2, 0.25) is 0 Å². The number of ether oxygens (including phenoxy) is 1. The van der Waals surface area contributed by atoms with Gasteiger partial charge in [0.1, 0.15) is 6.10 Å². The molecule has 2 aliphatic rings. The number of hydrogen-bond donors (Lipinski definition) is 3. The van der Waals surface area contributed by atoms with Gasteiger partial charge in [0, 0.05) is 18.9 Å². The van der Waals surface area contributed by atoms with Crippen LogP contribution in [0, 0.1) is 11.8 Å². The standard InChI is InChI=1S/C14H23N3O4/c1-8-4-14(20)21-11-5-9(2-3-10(8)11)17-13(19)7-16-12(18)6-15/h8-11H,2-7,15H2,1H3,(H,16,18)(H,17,19). The van der Waals surface area contributed by atoms with E-state index in [1.165, 1.54) is 0 Å². The van der Waals surface area contributed by atoms with Gasteiger partial charge in [0.05, 0.1) is 13.1 Å². The normalized spacial score (nSPS) is 31.8. The molecule has 7 nitrogen and oxygen atoms in total. The van der Waals surface area contributed by atoms with Crippen molar-refractivity contribution in [3.8, 4) is 0 Å². The fraction of sp³-hybridized carbons (Fsp3) is 0.786. The van der Waals surface area contributed by atoms with E-state index in [2.05, 4.69) is 17.6 Å². The zero-order valence-corrected chi connectivity index (χ0v) is 12.3. The highest BCUT2D eigenvalue weighted by molar-refractivity contribution is 5.85. The van der Waals surface area contributed by atoms with Gasteiger partial charge < -0.3 is 21.1 Å². The smallest absolute Gasteiger partial charge is 0.306 e. The maximum Gasteiger partial charge on any atom is 0.306 e. The summed E-state index contributed by atoms with van der Waals surface area (Å²) in [5.74, 6) is -0.00481. The van der Waals surface area contributed by atoms with Gasteiger partial charge in [0.2, 0.25) is 11.8 Å². The van der Waals surface area contributed by atoms with Gasteiger partial charge >= 0.3 is 5.97 Å². The van der Waals surface area contributed by atoms with E-state index in [4.69, 9.17) is 10.5 Å². The molecule has 1 saturated heterocycles. The Hall–Kier alpha value is -1.63. The number of amides is 2. The highest BCUT2D eigenvalue weighted by Gasteiger charge is 2.40. The third kappa shape index (κ3) is 4.17. The quantitative estimate of drug-likeness (QED) is 0.594. The van der Waals surface area contributed by atoms with E-state index in [1.54, 1.807) is 0 Å². The van der Waals surface area contributed by atoms with Crippen molar-refractivity contribution in [2.45, 2.75) is 44.8 Å². The minimum Gasteiger partial charge on any atom is -0.462 e. The van der Waals surface area contributed by atoms with E-state index in [9.17, 15) is 14.4 Å². The first-order chi connectivity index (χ1) is 9.99. The van der Waals surface area contributed by atoms with Crippen LogP contribution in [0.5, 0.6) is 0 Å². The van der Waals surface area contributed by atoms with Gasteiger partial charge in [-0.25, -0.2) is 0 Å². The van der Waals surface area contributed by atoms with Gasteiger partial charge in [0.15, 0.2) is 0 Å². The van der Waals surface area contributed by atoms with E-state index in [0.717, 1.165) is 12.8 Å². The fourth-order valence-corrected chi connectivity index (χ4v) is 3.23. The van der Waals surface area contributed by atoms with E-state index >= 15 is 0 Å². The van der Waals surface area contributed by atoms with Gasteiger partial charge in [-0.2, -0.15) is 0 Å². The number of nitrogens with one attached hydrogen (secondary N) is 2. The number of hydrogen-bond acceptors (Lipinski definition) is 5. The molecule has 4 unspecified atom stereocenters. The molecule has 0 spiro atoms. The molecule has 1 aliphatic heterocycles. The molecule has 118 valence electrons. The van der Waals surface area contributed by atoms with E-state index in [-0.39, 0.29) is 43.0 Å². The molecule has 0 aromatic carbocycles. The lowest BCUT2D eigenvalue weighted by Crippen LogP contribution is -2.50. The predicted molar refractivity (Wildman–Crippen MR) is 75.0 cm³/mol. The Morgan fingerprint density at radius 2 is 2.10 bits per heavy atom. The number of carbonyl (C=O) groups excluding carboxylic acids is 3. The Morgan fingerprint density at radius 1 is 1.33 bits per heavy atom. The largest absolute Gasteiger partial charge is 0.462 e. The summed E-state index contributed by atoms with van der Waals surface area (Å²) in [6.45, 7) is 1.88. The Balaban J connectivity index is 1.80. The van der Waals surface area contributed by atoms with Crippen LogP contribution in [0.3, 0.4) is 0 Å². The zero-order chi connectivity index (χ0) is 15.4. The molecule has 1 aliphatic carbocycles. The van der Waals surface area contributed by atoms with Gasteiger partial charge in [-0.15, -0.1) is 0 Å². The predicted octanol–water partition coefficient (Wildman–Crippen LogP) is -0.702. The third-order valence-electron chi connectivity index (χ3n) is 4.34. The summed E-state index contributed by atoms with van der Waals surface area (Å²) in [5.41, 5.74) is 5.15. The van der Waals surface area contributed by atoms with Crippen LogP contribution < -0.4 is 16.4 Å². The van der Waals surface area contributed by atoms with Gasteiger partial charge in [-0.05, 0) is 24.7 Å². The van der Waals surface area contributed by atoms with Crippen molar-refractivity contribution in [2.24, 2.45) is 17.6 Å². The van der Waals surface area contributed by atoms with Crippen LogP contribution >= 0.6 is 0 Å². The highest BCUT2D eigenvalue weighted by Crippen LogP contribution is 2.37. The van der Waals surface area contributed by atoms with E-state index in [0.29, 0.717) is 24.7 Å². The first-order valence-corrected chi connectivity index (χ1v) is 7.45. The molecule has 1 heterocycles. The number of esters is 1. The molecule has 4 N–H and O–H groups in total. The molecule has 1 saturated carbocycles. The summed E-state index contributed by atoms with van der Waals surface area (Å²) in [6.07, 6.45) is 2.86. The van der Waals surface area contributed by atoms with Crippen LogP contribution in [0.25, 0.3) is 0 Å². The molecule has 0 radical (unpaired) electrons. The van der Waals surface area contributed by atoms with Crippen molar-refractivity contribution < 1.29 is 19.1 Å². The molecule has 21 heavy (non-hydrogen) atoms. The number of rotatable bonds is 4. The average Bonchev–Trinajstić information content (AvgIpc) is 2.44.